The van der Waals surface area contributed by atoms with Gasteiger partial charge in [0.05, 0.1) is 11.7 Å². The van der Waals surface area contributed by atoms with Crippen molar-refractivity contribution < 1.29 is 9.90 Å². The van der Waals surface area contributed by atoms with Crippen LogP contribution in [-0.2, 0) is 0 Å². The third-order valence-electron chi connectivity index (χ3n) is 2.71. The average molecular weight is 283 g/mol. The van der Waals surface area contributed by atoms with Gasteiger partial charge in [-0.2, -0.15) is 0 Å². The van der Waals surface area contributed by atoms with E-state index in [0.29, 0.717) is 17.1 Å². The normalized spacial score (nSPS) is 12.8. The highest BCUT2D eigenvalue weighted by atomic mass is 35.5. The quantitative estimate of drug-likeness (QED) is 0.845. The van der Waals surface area contributed by atoms with Gasteiger partial charge in [-0.25, -0.2) is 4.79 Å². The number of pyridine rings is 1. The SMILES string of the molecule is C=CC[C@H](c1cc(Cl)ccn1)N(C(=O)O)C(C)(C)C. The monoisotopic (exact) mass is 282 g/mol. The molecule has 0 aliphatic carbocycles. The third-order valence-corrected chi connectivity index (χ3v) is 2.95. The summed E-state index contributed by atoms with van der Waals surface area (Å²) < 4.78 is 0. The smallest absolute Gasteiger partial charge is 0.408 e. The van der Waals surface area contributed by atoms with Crippen molar-refractivity contribution in [2.45, 2.75) is 38.8 Å². The van der Waals surface area contributed by atoms with Gasteiger partial charge in [0.25, 0.3) is 0 Å². The maximum Gasteiger partial charge on any atom is 0.408 e. The van der Waals surface area contributed by atoms with Crippen LogP contribution in [0.1, 0.15) is 38.9 Å². The van der Waals surface area contributed by atoms with Crippen molar-refractivity contribution >= 4 is 17.7 Å². The van der Waals surface area contributed by atoms with Gasteiger partial charge in [0.2, 0.25) is 0 Å². The molecule has 104 valence electrons. The number of amides is 1. The van der Waals surface area contributed by atoms with E-state index >= 15 is 0 Å². The first-order valence-corrected chi connectivity index (χ1v) is 6.39. The molecule has 5 heteroatoms. The first-order chi connectivity index (χ1) is 8.77. The van der Waals surface area contributed by atoms with Crippen LogP contribution < -0.4 is 0 Å². The van der Waals surface area contributed by atoms with E-state index in [9.17, 15) is 9.90 Å². The largest absolute Gasteiger partial charge is 0.465 e. The van der Waals surface area contributed by atoms with Crippen LogP contribution in [0.3, 0.4) is 0 Å². The minimum Gasteiger partial charge on any atom is -0.465 e. The minimum absolute atomic E-state index is 0.395. The van der Waals surface area contributed by atoms with Crippen molar-refractivity contribution in [1.82, 2.24) is 9.88 Å². The van der Waals surface area contributed by atoms with Gasteiger partial charge in [-0.1, -0.05) is 17.7 Å². The van der Waals surface area contributed by atoms with Crippen molar-refractivity contribution in [2.24, 2.45) is 0 Å². The number of halogens is 1. The summed E-state index contributed by atoms with van der Waals surface area (Å²) in [6.07, 6.45) is 2.77. The average Bonchev–Trinajstić information content (AvgIpc) is 2.26. The summed E-state index contributed by atoms with van der Waals surface area (Å²) in [5.41, 5.74) is 0.0912. The van der Waals surface area contributed by atoms with E-state index in [1.807, 2.05) is 20.8 Å². The summed E-state index contributed by atoms with van der Waals surface area (Å²) in [6, 6.07) is 2.96. The second-order valence-electron chi connectivity index (χ2n) is 5.26. The molecule has 0 fully saturated rings. The van der Waals surface area contributed by atoms with Crippen LogP contribution in [0.5, 0.6) is 0 Å². The second kappa shape index (κ2) is 6.06. The van der Waals surface area contributed by atoms with E-state index in [1.165, 1.54) is 4.90 Å². The number of nitrogens with zero attached hydrogens (tertiary/aromatic N) is 2. The van der Waals surface area contributed by atoms with Crippen molar-refractivity contribution in [2.75, 3.05) is 0 Å². The molecule has 0 saturated heterocycles. The lowest BCUT2D eigenvalue weighted by Gasteiger charge is -2.39. The topological polar surface area (TPSA) is 53.4 Å². The molecule has 1 rings (SSSR count). The van der Waals surface area contributed by atoms with Crippen LogP contribution in [0.25, 0.3) is 0 Å². The number of carboxylic acid groups (broad SMARTS) is 1. The molecular weight excluding hydrogens is 264 g/mol. The molecule has 0 saturated carbocycles. The Hall–Kier alpha value is -1.55. The van der Waals surface area contributed by atoms with Crippen LogP contribution >= 0.6 is 11.6 Å². The first kappa shape index (κ1) is 15.5. The van der Waals surface area contributed by atoms with E-state index < -0.39 is 17.7 Å². The minimum atomic E-state index is -0.985. The van der Waals surface area contributed by atoms with Gasteiger partial charge in [-0.05, 0) is 39.3 Å². The molecule has 19 heavy (non-hydrogen) atoms. The lowest BCUT2D eigenvalue weighted by molar-refractivity contribution is 0.0691. The van der Waals surface area contributed by atoms with Gasteiger partial charge in [0.1, 0.15) is 0 Å². The molecular formula is C14H19ClN2O2. The Bertz CT molecular complexity index is 469. The molecule has 1 atom stereocenters. The summed E-state index contributed by atoms with van der Waals surface area (Å²) in [6.45, 7) is 9.24. The lowest BCUT2D eigenvalue weighted by atomic mass is 9.99. The molecule has 0 spiro atoms. The molecule has 1 aromatic rings. The maximum atomic E-state index is 11.6. The van der Waals surface area contributed by atoms with Gasteiger partial charge in [0.15, 0.2) is 0 Å². The van der Waals surface area contributed by atoms with Crippen molar-refractivity contribution in [3.63, 3.8) is 0 Å². The van der Waals surface area contributed by atoms with Crippen LogP contribution in [0.2, 0.25) is 5.02 Å². The number of carbonyl (C=O) groups is 1. The molecule has 0 unspecified atom stereocenters. The van der Waals surface area contributed by atoms with Crippen LogP contribution in [0, 0.1) is 0 Å². The third kappa shape index (κ3) is 3.96. The molecule has 0 aromatic carbocycles. The van der Waals surface area contributed by atoms with Gasteiger partial charge >= 0.3 is 6.09 Å². The highest BCUT2D eigenvalue weighted by Crippen LogP contribution is 2.31. The molecule has 1 aromatic heterocycles. The van der Waals surface area contributed by atoms with Crippen LogP contribution in [0.4, 0.5) is 4.79 Å². The van der Waals surface area contributed by atoms with Gasteiger partial charge < -0.3 is 5.11 Å². The summed E-state index contributed by atoms with van der Waals surface area (Å²) in [7, 11) is 0. The Morgan fingerprint density at radius 3 is 2.68 bits per heavy atom. The molecule has 1 amide bonds. The zero-order valence-corrected chi connectivity index (χ0v) is 12.2. The second-order valence-corrected chi connectivity index (χ2v) is 5.70. The van der Waals surface area contributed by atoms with Crippen molar-refractivity contribution in [3.05, 3.63) is 41.7 Å². The lowest BCUT2D eigenvalue weighted by Crippen LogP contribution is -2.47. The zero-order chi connectivity index (χ0) is 14.6. The molecule has 0 aliphatic heterocycles. The number of aromatic nitrogens is 1. The summed E-state index contributed by atoms with van der Waals surface area (Å²) in [5, 5.41) is 10.0. The van der Waals surface area contributed by atoms with E-state index in [4.69, 9.17) is 11.6 Å². The summed E-state index contributed by atoms with van der Waals surface area (Å²) >= 11 is 5.96. The van der Waals surface area contributed by atoms with E-state index in [0.717, 1.165) is 0 Å². The zero-order valence-electron chi connectivity index (χ0n) is 11.4. The summed E-state index contributed by atoms with van der Waals surface area (Å²) in [4.78, 5) is 17.2. The fourth-order valence-corrected chi connectivity index (χ4v) is 2.18. The molecule has 1 N–H and O–H groups in total. The standard InChI is InChI=1S/C14H19ClN2O2/c1-5-6-12(11-9-10(15)7-8-16-11)17(13(18)19)14(2,3)4/h5,7-9,12H,1,6H2,2-4H3,(H,18,19)/t12-/m1/s1. The maximum absolute atomic E-state index is 11.6. The molecule has 4 nitrogen and oxygen atoms in total. The number of hydrogen-bond donors (Lipinski definition) is 1. The van der Waals surface area contributed by atoms with Crippen LogP contribution in [0.15, 0.2) is 31.0 Å². The molecule has 0 bridgehead atoms. The Morgan fingerprint density at radius 2 is 2.26 bits per heavy atom. The predicted octanol–water partition coefficient (Wildman–Crippen LogP) is 4.13. The molecule has 1 heterocycles. The molecule has 0 radical (unpaired) electrons. The van der Waals surface area contributed by atoms with Gasteiger partial charge in [-0.15, -0.1) is 6.58 Å². The fourth-order valence-electron chi connectivity index (χ4n) is 2.01. The fraction of sp³-hybridized carbons (Fsp3) is 0.429. The van der Waals surface area contributed by atoms with Gasteiger partial charge in [-0.3, -0.25) is 9.88 Å². The Morgan fingerprint density at radius 1 is 1.63 bits per heavy atom. The van der Waals surface area contributed by atoms with Crippen molar-refractivity contribution in [3.8, 4) is 0 Å². The van der Waals surface area contributed by atoms with E-state index in [-0.39, 0.29) is 0 Å². The molecule has 0 aliphatic rings. The summed E-state index contributed by atoms with van der Waals surface area (Å²) in [5.74, 6) is 0. The van der Waals surface area contributed by atoms with Crippen molar-refractivity contribution in [1.29, 1.82) is 0 Å². The Kier molecular flexibility index (Phi) is 4.95. The number of rotatable bonds is 4. The predicted molar refractivity (Wildman–Crippen MR) is 76.4 cm³/mol. The first-order valence-electron chi connectivity index (χ1n) is 6.02. The van der Waals surface area contributed by atoms with E-state index in [2.05, 4.69) is 11.6 Å². The Labute approximate surface area is 118 Å². The highest BCUT2D eigenvalue weighted by Gasteiger charge is 2.34. The highest BCUT2D eigenvalue weighted by molar-refractivity contribution is 6.30. The van der Waals surface area contributed by atoms with Crippen LogP contribution in [-0.4, -0.2) is 26.6 Å². The Balaban J connectivity index is 3.25. The van der Waals surface area contributed by atoms with E-state index in [1.54, 1.807) is 24.4 Å². The van der Waals surface area contributed by atoms with Gasteiger partial charge in [0, 0.05) is 16.8 Å². The number of hydrogen-bond acceptors (Lipinski definition) is 2.